The van der Waals surface area contributed by atoms with Gasteiger partial charge in [0.25, 0.3) is 0 Å². The maximum absolute atomic E-state index is 12.7. The summed E-state index contributed by atoms with van der Waals surface area (Å²) in [6.07, 6.45) is 11.4. The van der Waals surface area contributed by atoms with Crippen LogP contribution < -0.4 is 0 Å². The molecule has 1 saturated heterocycles. The Kier molecular flexibility index (Phi) is 5.36. The molecule has 2 aromatic heterocycles. The number of aromatic nitrogens is 3. The summed E-state index contributed by atoms with van der Waals surface area (Å²) in [7, 11) is 0. The Balaban J connectivity index is 1.09. The van der Waals surface area contributed by atoms with Crippen molar-refractivity contribution in [1.82, 2.24) is 19.4 Å². The summed E-state index contributed by atoms with van der Waals surface area (Å²) in [5.74, 6) is 2.97. The number of piperidine rings is 1. The van der Waals surface area contributed by atoms with Gasteiger partial charge in [-0.05, 0) is 63.0 Å². The second-order valence-electron chi connectivity index (χ2n) is 9.18. The molecule has 1 aliphatic carbocycles. The largest absolute Gasteiger partial charge is 0.361 e. The number of H-pyrrole nitrogens is 1. The number of nitrogens with one attached hydrogen (secondary N) is 1. The quantitative estimate of drug-likeness (QED) is 0.614. The average molecular weight is 405 g/mol. The monoisotopic (exact) mass is 404 g/mol. The minimum absolute atomic E-state index is 0.325. The Labute approximate surface area is 178 Å². The second-order valence-corrected chi connectivity index (χ2v) is 9.18. The fourth-order valence-electron chi connectivity index (χ4n) is 4.93. The number of amides is 1. The molecule has 1 aromatic carbocycles. The van der Waals surface area contributed by atoms with Crippen molar-refractivity contribution in [3.05, 3.63) is 53.7 Å². The number of fused-ring (bicyclic) bond motifs is 1. The van der Waals surface area contributed by atoms with Crippen LogP contribution >= 0.6 is 0 Å². The van der Waals surface area contributed by atoms with E-state index in [1.165, 1.54) is 40.8 Å². The van der Waals surface area contributed by atoms with Crippen LogP contribution in [-0.2, 0) is 17.8 Å². The fourth-order valence-corrected chi connectivity index (χ4v) is 4.93. The van der Waals surface area contributed by atoms with E-state index in [1.807, 2.05) is 6.20 Å². The first kappa shape index (κ1) is 19.4. The molecular weight excluding hydrogens is 372 g/mol. The molecule has 5 rings (SSSR count). The number of aryl methyl sites for hydroxylation is 2. The standard InChI is InChI=1S/C25H32N4O/c1-18-15-27-25(20-9-10-20)29(18)17-19-11-13-28(14-12-19)24(30)8-4-5-21-16-26-23-7-3-2-6-22(21)23/h2-3,6-7,15-16,19-20,26H,4-5,8-14,17H2,1H3. The number of hydrogen-bond donors (Lipinski definition) is 1. The van der Waals surface area contributed by atoms with Gasteiger partial charge in [-0.2, -0.15) is 0 Å². The van der Waals surface area contributed by atoms with E-state index in [9.17, 15) is 4.79 Å². The smallest absolute Gasteiger partial charge is 0.222 e. The number of para-hydroxylation sites is 1. The lowest BCUT2D eigenvalue weighted by atomic mass is 9.96. The lowest BCUT2D eigenvalue weighted by Gasteiger charge is -2.32. The minimum Gasteiger partial charge on any atom is -0.361 e. The van der Waals surface area contributed by atoms with Crippen LogP contribution in [0.1, 0.15) is 61.5 Å². The van der Waals surface area contributed by atoms with Gasteiger partial charge in [-0.25, -0.2) is 4.98 Å². The number of aromatic amines is 1. The van der Waals surface area contributed by atoms with Crippen molar-refractivity contribution in [2.75, 3.05) is 13.1 Å². The van der Waals surface area contributed by atoms with Crippen LogP contribution in [0.5, 0.6) is 0 Å². The third-order valence-electron chi connectivity index (χ3n) is 6.95. The number of carbonyl (C=O) groups is 1. The van der Waals surface area contributed by atoms with Gasteiger partial charge in [0.1, 0.15) is 5.82 Å². The van der Waals surface area contributed by atoms with Crippen molar-refractivity contribution in [3.8, 4) is 0 Å². The molecule has 0 atom stereocenters. The lowest BCUT2D eigenvalue weighted by molar-refractivity contribution is -0.132. The molecule has 5 nitrogen and oxygen atoms in total. The first-order valence-corrected chi connectivity index (χ1v) is 11.5. The van der Waals surface area contributed by atoms with Gasteiger partial charge in [-0.15, -0.1) is 0 Å². The molecule has 3 heterocycles. The normalized spacial score (nSPS) is 17.7. The van der Waals surface area contributed by atoms with Gasteiger partial charge in [0.2, 0.25) is 5.91 Å². The highest BCUT2D eigenvalue weighted by atomic mass is 16.2. The van der Waals surface area contributed by atoms with E-state index < -0.39 is 0 Å². The molecule has 2 fully saturated rings. The summed E-state index contributed by atoms with van der Waals surface area (Å²) in [4.78, 5) is 22.8. The summed E-state index contributed by atoms with van der Waals surface area (Å²) in [5.41, 5.74) is 3.78. The van der Waals surface area contributed by atoms with Crippen LogP contribution in [-0.4, -0.2) is 38.4 Å². The summed E-state index contributed by atoms with van der Waals surface area (Å²) in [5, 5.41) is 1.28. The maximum Gasteiger partial charge on any atom is 0.222 e. The van der Waals surface area contributed by atoms with E-state index >= 15 is 0 Å². The molecule has 2 aliphatic rings. The zero-order valence-electron chi connectivity index (χ0n) is 17.9. The number of nitrogens with zero attached hydrogens (tertiary/aromatic N) is 3. The second kappa shape index (κ2) is 8.29. The predicted molar refractivity (Wildman–Crippen MR) is 119 cm³/mol. The minimum atomic E-state index is 0.325. The van der Waals surface area contributed by atoms with Crippen LogP contribution in [0.3, 0.4) is 0 Å². The Hall–Kier alpha value is -2.56. The van der Waals surface area contributed by atoms with Crippen molar-refractivity contribution < 1.29 is 4.79 Å². The highest BCUT2D eigenvalue weighted by Crippen LogP contribution is 2.40. The highest BCUT2D eigenvalue weighted by Gasteiger charge is 2.30. The zero-order chi connectivity index (χ0) is 20.5. The van der Waals surface area contributed by atoms with E-state index in [1.54, 1.807) is 0 Å². The van der Waals surface area contributed by atoms with Crippen molar-refractivity contribution in [3.63, 3.8) is 0 Å². The highest BCUT2D eigenvalue weighted by molar-refractivity contribution is 5.83. The molecule has 1 amide bonds. The van der Waals surface area contributed by atoms with Gasteiger partial charge >= 0.3 is 0 Å². The first-order valence-electron chi connectivity index (χ1n) is 11.5. The molecule has 1 saturated carbocycles. The molecule has 0 radical (unpaired) electrons. The molecule has 30 heavy (non-hydrogen) atoms. The Morgan fingerprint density at radius 3 is 2.77 bits per heavy atom. The summed E-state index contributed by atoms with van der Waals surface area (Å²) >= 11 is 0. The van der Waals surface area contributed by atoms with E-state index in [4.69, 9.17) is 0 Å². The third-order valence-corrected chi connectivity index (χ3v) is 6.95. The fraction of sp³-hybridized carbons (Fsp3) is 0.520. The van der Waals surface area contributed by atoms with Crippen molar-refractivity contribution in [2.45, 2.75) is 64.3 Å². The zero-order valence-corrected chi connectivity index (χ0v) is 17.9. The van der Waals surface area contributed by atoms with Crippen LogP contribution in [0, 0.1) is 12.8 Å². The van der Waals surface area contributed by atoms with Crippen LogP contribution in [0.15, 0.2) is 36.7 Å². The molecule has 0 bridgehead atoms. The Bertz CT molecular complexity index is 1020. The molecule has 158 valence electrons. The topological polar surface area (TPSA) is 53.9 Å². The average Bonchev–Trinajstić information content (AvgIpc) is 3.44. The van der Waals surface area contributed by atoms with Crippen molar-refractivity contribution >= 4 is 16.8 Å². The van der Waals surface area contributed by atoms with E-state index in [0.717, 1.165) is 45.3 Å². The third kappa shape index (κ3) is 4.03. The van der Waals surface area contributed by atoms with Crippen LogP contribution in [0.25, 0.3) is 10.9 Å². The number of hydrogen-bond acceptors (Lipinski definition) is 2. The maximum atomic E-state index is 12.7. The van der Waals surface area contributed by atoms with Crippen LogP contribution in [0.2, 0.25) is 0 Å². The van der Waals surface area contributed by atoms with Gasteiger partial charge in [0, 0.05) is 61.0 Å². The number of imidazole rings is 1. The van der Waals surface area contributed by atoms with Gasteiger partial charge in [-0.3, -0.25) is 4.79 Å². The Morgan fingerprint density at radius 2 is 1.97 bits per heavy atom. The predicted octanol–water partition coefficient (Wildman–Crippen LogP) is 4.81. The lowest BCUT2D eigenvalue weighted by Crippen LogP contribution is -2.39. The molecule has 1 aliphatic heterocycles. The van der Waals surface area contributed by atoms with Gasteiger partial charge in [0.15, 0.2) is 0 Å². The van der Waals surface area contributed by atoms with Gasteiger partial charge in [-0.1, -0.05) is 18.2 Å². The molecule has 5 heteroatoms. The summed E-state index contributed by atoms with van der Waals surface area (Å²) in [6.45, 7) is 5.05. The molecule has 3 aromatic rings. The number of rotatable bonds is 7. The number of likely N-dealkylation sites (tertiary alicyclic amines) is 1. The Morgan fingerprint density at radius 1 is 1.17 bits per heavy atom. The van der Waals surface area contributed by atoms with Crippen molar-refractivity contribution in [1.29, 1.82) is 0 Å². The SMILES string of the molecule is Cc1cnc(C2CC2)n1CC1CCN(C(=O)CCCc2c[nH]c3ccccc23)CC1. The number of benzene rings is 1. The molecule has 0 unspecified atom stereocenters. The van der Waals surface area contributed by atoms with E-state index in [-0.39, 0.29) is 0 Å². The first-order chi connectivity index (χ1) is 14.7. The van der Waals surface area contributed by atoms with Gasteiger partial charge in [0.05, 0.1) is 0 Å². The summed E-state index contributed by atoms with van der Waals surface area (Å²) in [6, 6.07) is 8.39. The van der Waals surface area contributed by atoms with Crippen molar-refractivity contribution in [2.24, 2.45) is 5.92 Å². The molecule has 0 spiro atoms. The van der Waals surface area contributed by atoms with E-state index in [2.05, 4.69) is 56.8 Å². The number of carbonyl (C=O) groups excluding carboxylic acids is 1. The molecular formula is C25H32N4O. The van der Waals surface area contributed by atoms with E-state index in [0.29, 0.717) is 24.2 Å². The van der Waals surface area contributed by atoms with Crippen LogP contribution in [0.4, 0.5) is 0 Å². The molecule has 1 N–H and O–H groups in total. The van der Waals surface area contributed by atoms with Gasteiger partial charge < -0.3 is 14.5 Å². The summed E-state index contributed by atoms with van der Waals surface area (Å²) < 4.78 is 2.45.